The van der Waals surface area contributed by atoms with Crippen molar-refractivity contribution in [3.8, 4) is 5.75 Å². The normalized spacial score (nSPS) is 16.9. The van der Waals surface area contributed by atoms with Gasteiger partial charge >= 0.3 is 7.12 Å². The SMILES string of the molecule is OB(O)c1ccc(O[C@@H]2CCc3c(Br)cccc32)cc1. The van der Waals surface area contributed by atoms with Gasteiger partial charge in [0, 0.05) is 4.47 Å². The maximum atomic E-state index is 9.07. The molecule has 5 heteroatoms. The predicted octanol–water partition coefficient (Wildman–Crippen LogP) is 2.20. The van der Waals surface area contributed by atoms with Gasteiger partial charge in [0.2, 0.25) is 0 Å². The molecule has 0 unspecified atom stereocenters. The molecule has 0 heterocycles. The van der Waals surface area contributed by atoms with Crippen molar-refractivity contribution in [2.45, 2.75) is 18.9 Å². The zero-order valence-electron chi connectivity index (χ0n) is 10.8. The molecule has 2 aromatic rings. The summed E-state index contributed by atoms with van der Waals surface area (Å²) in [6.45, 7) is 0. The van der Waals surface area contributed by atoms with Crippen LogP contribution < -0.4 is 10.2 Å². The number of hydrogen-bond acceptors (Lipinski definition) is 3. The van der Waals surface area contributed by atoms with Crippen LogP contribution in [0.4, 0.5) is 0 Å². The molecule has 1 aliphatic rings. The van der Waals surface area contributed by atoms with Crippen molar-refractivity contribution in [2.75, 3.05) is 0 Å². The summed E-state index contributed by atoms with van der Waals surface area (Å²) in [6.07, 6.45) is 2.03. The van der Waals surface area contributed by atoms with E-state index in [1.807, 2.05) is 6.07 Å². The largest absolute Gasteiger partial charge is 0.488 e. The zero-order valence-corrected chi connectivity index (χ0v) is 12.4. The molecule has 0 saturated carbocycles. The van der Waals surface area contributed by atoms with Crippen molar-refractivity contribution in [3.05, 3.63) is 58.1 Å². The fraction of sp³-hybridized carbons (Fsp3) is 0.200. The quantitative estimate of drug-likeness (QED) is 0.847. The van der Waals surface area contributed by atoms with E-state index in [-0.39, 0.29) is 6.10 Å². The molecule has 0 aromatic heterocycles. The Morgan fingerprint density at radius 3 is 2.55 bits per heavy atom. The fourth-order valence-corrected chi connectivity index (χ4v) is 3.16. The molecular formula is C15H14BBrO3. The number of rotatable bonds is 3. The summed E-state index contributed by atoms with van der Waals surface area (Å²) < 4.78 is 7.15. The Morgan fingerprint density at radius 2 is 1.85 bits per heavy atom. The molecule has 0 amide bonds. The highest BCUT2D eigenvalue weighted by atomic mass is 79.9. The average molecular weight is 333 g/mol. The van der Waals surface area contributed by atoms with Crippen molar-refractivity contribution in [1.29, 1.82) is 0 Å². The van der Waals surface area contributed by atoms with Crippen LogP contribution in [0.5, 0.6) is 5.75 Å². The summed E-state index contributed by atoms with van der Waals surface area (Å²) in [5.41, 5.74) is 3.01. The first-order valence-electron chi connectivity index (χ1n) is 6.55. The maximum Gasteiger partial charge on any atom is 0.488 e. The molecule has 3 rings (SSSR count). The van der Waals surface area contributed by atoms with Crippen LogP contribution in [0.3, 0.4) is 0 Å². The van der Waals surface area contributed by atoms with Gasteiger partial charge in [-0.1, -0.05) is 40.2 Å². The van der Waals surface area contributed by atoms with Gasteiger partial charge in [-0.3, -0.25) is 0 Å². The Balaban J connectivity index is 1.79. The monoisotopic (exact) mass is 332 g/mol. The molecule has 1 aliphatic carbocycles. The number of halogens is 1. The Labute approximate surface area is 126 Å². The minimum absolute atomic E-state index is 0.0624. The third-order valence-corrected chi connectivity index (χ3v) is 4.36. The minimum atomic E-state index is -1.44. The van der Waals surface area contributed by atoms with Crippen molar-refractivity contribution >= 4 is 28.5 Å². The van der Waals surface area contributed by atoms with Crippen molar-refractivity contribution in [2.24, 2.45) is 0 Å². The van der Waals surface area contributed by atoms with Crippen LogP contribution in [0.15, 0.2) is 46.9 Å². The van der Waals surface area contributed by atoms with E-state index in [4.69, 9.17) is 14.8 Å². The number of ether oxygens (including phenoxy) is 1. The van der Waals surface area contributed by atoms with Gasteiger partial charge < -0.3 is 14.8 Å². The Hall–Kier alpha value is -1.30. The van der Waals surface area contributed by atoms with Gasteiger partial charge in [-0.15, -0.1) is 0 Å². The molecule has 2 aromatic carbocycles. The van der Waals surface area contributed by atoms with Crippen molar-refractivity contribution in [1.82, 2.24) is 0 Å². The Bertz CT molecular complexity index is 613. The number of benzene rings is 2. The lowest BCUT2D eigenvalue weighted by Crippen LogP contribution is -2.29. The molecule has 0 bridgehead atoms. The Kier molecular flexibility index (Phi) is 3.83. The van der Waals surface area contributed by atoms with Crippen LogP contribution in [0.25, 0.3) is 0 Å². The van der Waals surface area contributed by atoms with Crippen LogP contribution in [-0.4, -0.2) is 17.2 Å². The highest BCUT2D eigenvalue weighted by molar-refractivity contribution is 9.10. The van der Waals surface area contributed by atoms with E-state index in [1.54, 1.807) is 24.3 Å². The molecule has 102 valence electrons. The molecule has 1 atom stereocenters. The van der Waals surface area contributed by atoms with E-state index in [9.17, 15) is 0 Å². The first kappa shape index (κ1) is 13.7. The van der Waals surface area contributed by atoms with Crippen molar-refractivity contribution < 1.29 is 14.8 Å². The van der Waals surface area contributed by atoms with Gasteiger partial charge in [-0.05, 0) is 47.6 Å². The molecule has 0 radical (unpaired) electrons. The fourth-order valence-electron chi connectivity index (χ4n) is 2.58. The standard InChI is InChI=1S/C15H14BBrO3/c17-14-3-1-2-13-12(14)8-9-15(13)20-11-6-4-10(5-7-11)16(18)19/h1-7,15,18-19H,8-9H2/t15-/m1/s1. The van der Waals surface area contributed by atoms with Gasteiger partial charge in [-0.25, -0.2) is 0 Å². The van der Waals surface area contributed by atoms with Crippen LogP contribution >= 0.6 is 15.9 Å². The highest BCUT2D eigenvalue weighted by Crippen LogP contribution is 2.38. The smallest absolute Gasteiger partial charge is 0.486 e. The topological polar surface area (TPSA) is 49.7 Å². The molecule has 0 fully saturated rings. The summed E-state index contributed by atoms with van der Waals surface area (Å²) >= 11 is 3.57. The lowest BCUT2D eigenvalue weighted by atomic mass is 9.80. The molecular weight excluding hydrogens is 319 g/mol. The summed E-state index contributed by atoms with van der Waals surface area (Å²) in [4.78, 5) is 0. The molecule has 0 spiro atoms. The first-order chi connectivity index (χ1) is 9.65. The van der Waals surface area contributed by atoms with E-state index >= 15 is 0 Å². The molecule has 3 nitrogen and oxygen atoms in total. The second-order valence-electron chi connectivity index (χ2n) is 4.90. The average Bonchev–Trinajstić information content (AvgIpc) is 2.84. The lowest BCUT2D eigenvalue weighted by molar-refractivity contribution is 0.207. The van der Waals surface area contributed by atoms with E-state index in [1.165, 1.54) is 11.1 Å². The third kappa shape index (κ3) is 2.61. The van der Waals surface area contributed by atoms with Gasteiger partial charge in [0.15, 0.2) is 0 Å². The van der Waals surface area contributed by atoms with Gasteiger partial charge in [0.05, 0.1) is 0 Å². The van der Waals surface area contributed by atoms with E-state index < -0.39 is 7.12 Å². The van der Waals surface area contributed by atoms with Gasteiger partial charge in [0.1, 0.15) is 11.9 Å². The first-order valence-corrected chi connectivity index (χ1v) is 7.34. The van der Waals surface area contributed by atoms with E-state index in [0.29, 0.717) is 5.46 Å². The molecule has 20 heavy (non-hydrogen) atoms. The van der Waals surface area contributed by atoms with Crippen molar-refractivity contribution in [3.63, 3.8) is 0 Å². The summed E-state index contributed by atoms with van der Waals surface area (Å²) in [5, 5.41) is 18.1. The lowest BCUT2D eigenvalue weighted by Gasteiger charge is -2.15. The highest BCUT2D eigenvalue weighted by Gasteiger charge is 2.25. The molecule has 0 aliphatic heterocycles. The van der Waals surface area contributed by atoms with E-state index in [2.05, 4.69) is 28.1 Å². The maximum absolute atomic E-state index is 9.07. The minimum Gasteiger partial charge on any atom is -0.486 e. The predicted molar refractivity (Wildman–Crippen MR) is 82.1 cm³/mol. The number of hydrogen-bond donors (Lipinski definition) is 2. The van der Waals surface area contributed by atoms with Gasteiger partial charge in [0.25, 0.3) is 0 Å². The van der Waals surface area contributed by atoms with Crippen LogP contribution in [0.2, 0.25) is 0 Å². The van der Waals surface area contributed by atoms with Gasteiger partial charge in [-0.2, -0.15) is 0 Å². The van der Waals surface area contributed by atoms with Crippen LogP contribution in [0.1, 0.15) is 23.7 Å². The second-order valence-corrected chi connectivity index (χ2v) is 5.75. The summed E-state index contributed by atoms with van der Waals surface area (Å²) in [6, 6.07) is 13.0. The molecule has 0 saturated heterocycles. The number of fused-ring (bicyclic) bond motifs is 1. The van der Waals surface area contributed by atoms with Crippen LogP contribution in [-0.2, 0) is 6.42 Å². The second kappa shape index (κ2) is 5.60. The van der Waals surface area contributed by atoms with E-state index in [0.717, 1.165) is 23.1 Å². The van der Waals surface area contributed by atoms with Crippen LogP contribution in [0, 0.1) is 0 Å². The summed E-state index contributed by atoms with van der Waals surface area (Å²) in [7, 11) is -1.44. The summed E-state index contributed by atoms with van der Waals surface area (Å²) in [5.74, 6) is 0.743. The Morgan fingerprint density at radius 1 is 1.10 bits per heavy atom. The molecule has 2 N–H and O–H groups in total. The third-order valence-electron chi connectivity index (χ3n) is 3.62. The zero-order chi connectivity index (χ0) is 14.1.